The molecule has 2 atom stereocenters. The molecule has 1 aliphatic carbocycles. The topological polar surface area (TPSA) is 67.4 Å². The number of rotatable bonds is 7. The maximum atomic E-state index is 11.9. The third-order valence-corrected chi connectivity index (χ3v) is 4.49. The Kier molecular flexibility index (Phi) is 7.25. The third kappa shape index (κ3) is 5.96. The second-order valence-corrected chi connectivity index (χ2v) is 6.58. The van der Waals surface area contributed by atoms with Crippen LogP contribution >= 0.6 is 0 Å². The van der Waals surface area contributed by atoms with Crippen molar-refractivity contribution in [2.45, 2.75) is 45.1 Å². The number of hydrogen-bond donors (Lipinski definition) is 2. The van der Waals surface area contributed by atoms with E-state index in [-0.39, 0.29) is 24.5 Å². The van der Waals surface area contributed by atoms with Crippen LogP contribution in [0.15, 0.2) is 24.3 Å². The lowest BCUT2D eigenvalue weighted by Gasteiger charge is -2.26. The van der Waals surface area contributed by atoms with Crippen LogP contribution in [0.1, 0.15) is 48.5 Å². The highest BCUT2D eigenvalue weighted by Crippen LogP contribution is 2.25. The molecular formula is C19H28N2O3. The molecule has 0 radical (unpaired) electrons. The molecule has 0 heterocycles. The zero-order chi connectivity index (χ0) is 17.4. The van der Waals surface area contributed by atoms with Crippen LogP contribution in [0.25, 0.3) is 0 Å². The molecule has 0 unspecified atom stereocenters. The van der Waals surface area contributed by atoms with Gasteiger partial charge in [0.2, 0.25) is 5.91 Å². The van der Waals surface area contributed by atoms with Crippen molar-refractivity contribution in [1.82, 2.24) is 10.6 Å². The van der Waals surface area contributed by atoms with Crippen LogP contribution in [-0.2, 0) is 16.0 Å². The molecule has 2 N–H and O–H groups in total. The van der Waals surface area contributed by atoms with E-state index in [1.165, 1.54) is 12.8 Å². The van der Waals surface area contributed by atoms with Crippen LogP contribution in [0.4, 0.5) is 0 Å². The van der Waals surface area contributed by atoms with E-state index < -0.39 is 0 Å². The van der Waals surface area contributed by atoms with E-state index in [4.69, 9.17) is 4.74 Å². The molecule has 24 heavy (non-hydrogen) atoms. The van der Waals surface area contributed by atoms with Gasteiger partial charge in [0.1, 0.15) is 6.61 Å². The highest BCUT2D eigenvalue weighted by atomic mass is 16.5. The van der Waals surface area contributed by atoms with E-state index in [1.807, 2.05) is 18.2 Å². The fourth-order valence-electron chi connectivity index (χ4n) is 3.13. The summed E-state index contributed by atoms with van der Waals surface area (Å²) in [7, 11) is 1.61. The summed E-state index contributed by atoms with van der Waals surface area (Å²) in [4.78, 5) is 23.5. The maximum Gasteiger partial charge on any atom is 0.251 e. The summed E-state index contributed by atoms with van der Waals surface area (Å²) in [6.07, 6.45) is 5.49. The second kappa shape index (κ2) is 9.42. The molecule has 1 aromatic carbocycles. The van der Waals surface area contributed by atoms with E-state index in [1.54, 1.807) is 13.1 Å². The SMILES string of the molecule is CNC(=O)c1cccc(CCNC(=O)CO[C@@H]2CCC[C@@H](C)C2)c1. The van der Waals surface area contributed by atoms with Gasteiger partial charge in [-0.3, -0.25) is 9.59 Å². The summed E-state index contributed by atoms with van der Waals surface area (Å²) < 4.78 is 5.72. The van der Waals surface area contributed by atoms with Crippen LogP contribution in [0.3, 0.4) is 0 Å². The van der Waals surface area contributed by atoms with Gasteiger partial charge in [-0.2, -0.15) is 0 Å². The van der Waals surface area contributed by atoms with Crippen LogP contribution in [0.2, 0.25) is 0 Å². The van der Waals surface area contributed by atoms with Gasteiger partial charge in [-0.1, -0.05) is 31.9 Å². The normalized spacial score (nSPS) is 20.4. The van der Waals surface area contributed by atoms with Crippen LogP contribution in [0.5, 0.6) is 0 Å². The van der Waals surface area contributed by atoms with E-state index in [0.717, 1.165) is 18.4 Å². The van der Waals surface area contributed by atoms with Gasteiger partial charge in [0.15, 0.2) is 0 Å². The van der Waals surface area contributed by atoms with Crippen LogP contribution in [-0.4, -0.2) is 38.1 Å². The zero-order valence-electron chi connectivity index (χ0n) is 14.6. The molecule has 0 aliphatic heterocycles. The summed E-state index contributed by atoms with van der Waals surface area (Å²) in [5.41, 5.74) is 1.66. The van der Waals surface area contributed by atoms with E-state index in [9.17, 15) is 9.59 Å². The standard InChI is InChI=1S/C19H28N2O3/c1-14-5-3-8-17(11-14)24-13-18(22)21-10-9-15-6-4-7-16(12-15)19(23)20-2/h4,6-7,12,14,17H,3,5,8-11,13H2,1-2H3,(H,20,23)(H,21,22)/t14-,17-/m1/s1. The number of ether oxygens (including phenoxy) is 1. The first kappa shape index (κ1) is 18.5. The van der Waals surface area contributed by atoms with E-state index >= 15 is 0 Å². The zero-order valence-corrected chi connectivity index (χ0v) is 14.6. The summed E-state index contributed by atoms with van der Waals surface area (Å²) in [5.74, 6) is 0.520. The van der Waals surface area contributed by atoms with Gasteiger partial charge in [-0.15, -0.1) is 0 Å². The minimum Gasteiger partial charge on any atom is -0.368 e. The molecule has 5 nitrogen and oxygen atoms in total. The molecule has 0 bridgehead atoms. The van der Waals surface area contributed by atoms with E-state index in [0.29, 0.717) is 24.4 Å². The number of hydrogen-bond acceptors (Lipinski definition) is 3. The highest BCUT2D eigenvalue weighted by molar-refractivity contribution is 5.94. The Balaban J connectivity index is 1.68. The predicted octanol–water partition coefficient (Wildman–Crippen LogP) is 2.30. The Bertz CT molecular complexity index is 559. The summed E-state index contributed by atoms with van der Waals surface area (Å²) in [6.45, 7) is 2.92. The Morgan fingerprint density at radius 1 is 1.29 bits per heavy atom. The van der Waals surface area contributed by atoms with Crippen molar-refractivity contribution in [3.8, 4) is 0 Å². The van der Waals surface area contributed by atoms with Gasteiger partial charge in [-0.05, 0) is 42.9 Å². The van der Waals surface area contributed by atoms with Crippen molar-refractivity contribution in [3.63, 3.8) is 0 Å². The Morgan fingerprint density at radius 2 is 2.12 bits per heavy atom. The lowest BCUT2D eigenvalue weighted by molar-refractivity contribution is -0.128. The van der Waals surface area contributed by atoms with Gasteiger partial charge < -0.3 is 15.4 Å². The average molecular weight is 332 g/mol. The van der Waals surface area contributed by atoms with Gasteiger partial charge in [-0.25, -0.2) is 0 Å². The lowest BCUT2D eigenvalue weighted by Crippen LogP contribution is -2.32. The fourth-order valence-corrected chi connectivity index (χ4v) is 3.13. The van der Waals surface area contributed by atoms with Crippen molar-refractivity contribution in [2.75, 3.05) is 20.2 Å². The molecule has 0 spiro atoms. The molecule has 1 fully saturated rings. The van der Waals surface area contributed by atoms with Crippen molar-refractivity contribution in [1.29, 1.82) is 0 Å². The molecular weight excluding hydrogens is 304 g/mol. The first-order valence-corrected chi connectivity index (χ1v) is 8.77. The number of carbonyl (C=O) groups excluding carboxylic acids is 2. The molecule has 0 aromatic heterocycles. The molecule has 2 amide bonds. The molecule has 0 saturated heterocycles. The lowest BCUT2D eigenvalue weighted by atomic mass is 9.89. The first-order valence-electron chi connectivity index (χ1n) is 8.77. The number of benzene rings is 1. The van der Waals surface area contributed by atoms with Crippen molar-refractivity contribution >= 4 is 11.8 Å². The third-order valence-electron chi connectivity index (χ3n) is 4.49. The predicted molar refractivity (Wildman–Crippen MR) is 93.9 cm³/mol. The van der Waals surface area contributed by atoms with Crippen LogP contribution < -0.4 is 10.6 Å². The summed E-state index contributed by atoms with van der Waals surface area (Å²) in [6, 6.07) is 7.44. The van der Waals surface area contributed by atoms with Gasteiger partial charge in [0, 0.05) is 19.2 Å². The molecule has 1 aliphatic rings. The minimum atomic E-state index is -0.101. The second-order valence-electron chi connectivity index (χ2n) is 6.58. The van der Waals surface area contributed by atoms with Gasteiger partial charge in [0.05, 0.1) is 6.10 Å². The fraction of sp³-hybridized carbons (Fsp3) is 0.579. The largest absolute Gasteiger partial charge is 0.368 e. The minimum absolute atomic E-state index is 0.0734. The highest BCUT2D eigenvalue weighted by Gasteiger charge is 2.19. The number of carbonyl (C=O) groups is 2. The average Bonchev–Trinajstić information content (AvgIpc) is 2.59. The smallest absolute Gasteiger partial charge is 0.251 e. The van der Waals surface area contributed by atoms with Crippen molar-refractivity contribution in [3.05, 3.63) is 35.4 Å². The molecule has 2 rings (SSSR count). The number of amides is 2. The Morgan fingerprint density at radius 3 is 2.88 bits per heavy atom. The maximum absolute atomic E-state index is 11.9. The summed E-state index contributed by atoms with van der Waals surface area (Å²) >= 11 is 0. The Hall–Kier alpha value is -1.88. The summed E-state index contributed by atoms with van der Waals surface area (Å²) in [5, 5.41) is 5.49. The first-order chi connectivity index (χ1) is 11.6. The monoisotopic (exact) mass is 332 g/mol. The quantitative estimate of drug-likeness (QED) is 0.805. The molecule has 132 valence electrons. The molecule has 5 heteroatoms. The Labute approximate surface area is 144 Å². The molecule has 1 saturated carbocycles. The van der Waals surface area contributed by atoms with Crippen molar-refractivity contribution in [2.24, 2.45) is 5.92 Å². The number of nitrogens with one attached hydrogen (secondary N) is 2. The van der Waals surface area contributed by atoms with E-state index in [2.05, 4.69) is 17.6 Å². The van der Waals surface area contributed by atoms with Gasteiger partial charge in [0.25, 0.3) is 5.91 Å². The van der Waals surface area contributed by atoms with Crippen molar-refractivity contribution < 1.29 is 14.3 Å². The van der Waals surface area contributed by atoms with Gasteiger partial charge >= 0.3 is 0 Å². The van der Waals surface area contributed by atoms with Crippen LogP contribution in [0, 0.1) is 5.92 Å². The molecule has 1 aromatic rings.